The predicted octanol–water partition coefficient (Wildman–Crippen LogP) is 3.20. The minimum absolute atomic E-state index is 0.000989. The van der Waals surface area contributed by atoms with Crippen LogP contribution < -0.4 is 0 Å². The van der Waals surface area contributed by atoms with Crippen molar-refractivity contribution in [3.63, 3.8) is 0 Å². The molecule has 0 saturated heterocycles. The average molecular weight is 363 g/mol. The molecule has 1 aromatic rings. The molecular formula is C15H23BrO3S. The first-order valence-electron chi connectivity index (χ1n) is 6.74. The monoisotopic (exact) mass is 362 g/mol. The van der Waals surface area contributed by atoms with Crippen molar-refractivity contribution >= 4 is 25.8 Å². The Morgan fingerprint density at radius 1 is 1.25 bits per heavy atom. The van der Waals surface area contributed by atoms with Crippen LogP contribution in [-0.2, 0) is 16.3 Å². The normalized spacial score (nSPS) is 14.2. The molecule has 0 fully saturated rings. The zero-order chi connectivity index (χ0) is 15.4. The van der Waals surface area contributed by atoms with Gasteiger partial charge in [0.1, 0.15) is 0 Å². The maximum absolute atomic E-state index is 12.1. The fourth-order valence-electron chi connectivity index (χ4n) is 1.86. The molecule has 0 heterocycles. The zero-order valence-corrected chi connectivity index (χ0v) is 14.7. The zero-order valence-electron chi connectivity index (χ0n) is 12.3. The van der Waals surface area contributed by atoms with E-state index in [-0.39, 0.29) is 18.3 Å². The van der Waals surface area contributed by atoms with Crippen LogP contribution in [0.3, 0.4) is 0 Å². The van der Waals surface area contributed by atoms with Crippen molar-refractivity contribution in [2.75, 3.05) is 12.4 Å². The van der Waals surface area contributed by atoms with Gasteiger partial charge in [-0.15, -0.1) is 0 Å². The fraction of sp³-hybridized carbons (Fsp3) is 0.600. The van der Waals surface area contributed by atoms with E-state index in [1.165, 1.54) is 0 Å². The number of aliphatic hydroxyl groups is 1. The highest BCUT2D eigenvalue weighted by Gasteiger charge is 2.29. The molecule has 1 unspecified atom stereocenters. The maximum Gasteiger partial charge on any atom is 0.155 e. The maximum atomic E-state index is 12.1. The third kappa shape index (κ3) is 4.86. The molecule has 0 saturated carbocycles. The number of sulfone groups is 1. The smallest absolute Gasteiger partial charge is 0.155 e. The lowest BCUT2D eigenvalue weighted by Crippen LogP contribution is -2.31. The van der Waals surface area contributed by atoms with E-state index in [1.54, 1.807) is 20.8 Å². The Morgan fingerprint density at radius 3 is 2.35 bits per heavy atom. The number of benzene rings is 1. The van der Waals surface area contributed by atoms with Gasteiger partial charge in [-0.3, -0.25) is 0 Å². The van der Waals surface area contributed by atoms with E-state index in [0.29, 0.717) is 12.8 Å². The lowest BCUT2D eigenvalue weighted by molar-refractivity contribution is 0.222. The Bertz CT molecular complexity index is 532. The first-order valence-corrected chi connectivity index (χ1v) is 9.18. The Hall–Kier alpha value is -0.390. The van der Waals surface area contributed by atoms with Crippen molar-refractivity contribution in [3.05, 3.63) is 34.3 Å². The van der Waals surface area contributed by atoms with Crippen LogP contribution >= 0.6 is 15.9 Å². The van der Waals surface area contributed by atoms with Gasteiger partial charge >= 0.3 is 0 Å². The summed E-state index contributed by atoms with van der Waals surface area (Å²) in [6.07, 6.45) is 1.16. The topological polar surface area (TPSA) is 54.4 Å². The van der Waals surface area contributed by atoms with E-state index in [4.69, 9.17) is 0 Å². The first kappa shape index (κ1) is 17.7. The molecule has 0 aliphatic rings. The largest absolute Gasteiger partial charge is 0.396 e. The highest BCUT2D eigenvalue weighted by molar-refractivity contribution is 9.10. The van der Waals surface area contributed by atoms with Crippen molar-refractivity contribution in [2.24, 2.45) is 5.92 Å². The minimum atomic E-state index is -3.13. The van der Waals surface area contributed by atoms with Gasteiger partial charge in [-0.25, -0.2) is 8.42 Å². The molecule has 114 valence electrons. The molecule has 1 aromatic carbocycles. The van der Waals surface area contributed by atoms with Gasteiger partial charge in [0, 0.05) is 11.1 Å². The van der Waals surface area contributed by atoms with Crippen LogP contribution in [0.25, 0.3) is 0 Å². The van der Waals surface area contributed by atoms with Gasteiger partial charge in [0.25, 0.3) is 0 Å². The SMILES string of the molecule is CC(C)(C)S(=O)(=O)CCC(CO)Cc1ccccc1Br. The molecule has 0 aromatic heterocycles. The van der Waals surface area contributed by atoms with Gasteiger partial charge in [0.05, 0.1) is 10.5 Å². The minimum Gasteiger partial charge on any atom is -0.396 e. The van der Waals surface area contributed by atoms with Crippen LogP contribution in [0, 0.1) is 5.92 Å². The molecule has 0 radical (unpaired) electrons. The van der Waals surface area contributed by atoms with Crippen molar-refractivity contribution in [3.8, 4) is 0 Å². The fourth-order valence-corrected chi connectivity index (χ4v) is 3.56. The third-order valence-electron chi connectivity index (χ3n) is 3.45. The van der Waals surface area contributed by atoms with Crippen molar-refractivity contribution < 1.29 is 13.5 Å². The second-order valence-electron chi connectivity index (χ2n) is 6.06. The molecule has 20 heavy (non-hydrogen) atoms. The van der Waals surface area contributed by atoms with Crippen LogP contribution in [0.4, 0.5) is 0 Å². The molecule has 1 atom stereocenters. The summed E-state index contributed by atoms with van der Waals surface area (Å²) >= 11 is 3.48. The van der Waals surface area contributed by atoms with Crippen LogP contribution in [0.5, 0.6) is 0 Å². The van der Waals surface area contributed by atoms with Gasteiger partial charge in [-0.05, 0) is 51.2 Å². The summed E-state index contributed by atoms with van der Waals surface area (Å²) in [4.78, 5) is 0. The number of hydrogen-bond acceptors (Lipinski definition) is 3. The summed E-state index contributed by atoms with van der Waals surface area (Å²) < 4.78 is 24.5. The molecule has 0 aliphatic heterocycles. The van der Waals surface area contributed by atoms with E-state index in [1.807, 2.05) is 24.3 Å². The van der Waals surface area contributed by atoms with Gasteiger partial charge in [-0.2, -0.15) is 0 Å². The summed E-state index contributed by atoms with van der Waals surface area (Å²) in [5, 5.41) is 9.47. The van der Waals surface area contributed by atoms with Gasteiger partial charge in [-0.1, -0.05) is 34.1 Å². The van der Waals surface area contributed by atoms with Crippen LogP contribution in [0.15, 0.2) is 28.7 Å². The van der Waals surface area contributed by atoms with E-state index >= 15 is 0 Å². The summed E-state index contributed by atoms with van der Waals surface area (Å²) in [5.41, 5.74) is 1.10. The number of rotatable bonds is 6. The lowest BCUT2D eigenvalue weighted by Gasteiger charge is -2.21. The quantitative estimate of drug-likeness (QED) is 0.845. The molecule has 1 N–H and O–H groups in total. The van der Waals surface area contributed by atoms with Crippen molar-refractivity contribution in [2.45, 2.75) is 38.4 Å². The summed E-state index contributed by atoms with van der Waals surface area (Å²) in [5.74, 6) is 0.0810. The Kier molecular flexibility index (Phi) is 6.23. The van der Waals surface area contributed by atoms with Crippen molar-refractivity contribution in [1.29, 1.82) is 0 Å². The molecule has 0 aliphatic carbocycles. The van der Waals surface area contributed by atoms with E-state index in [0.717, 1.165) is 10.0 Å². The molecule has 0 amide bonds. The molecule has 0 spiro atoms. The second-order valence-corrected chi connectivity index (χ2v) is 9.78. The molecule has 5 heteroatoms. The molecular weight excluding hydrogens is 340 g/mol. The molecule has 1 rings (SSSR count). The highest BCUT2D eigenvalue weighted by atomic mass is 79.9. The lowest BCUT2D eigenvalue weighted by atomic mass is 9.98. The summed E-state index contributed by atoms with van der Waals surface area (Å²) in [6, 6.07) is 7.83. The Morgan fingerprint density at radius 2 is 1.85 bits per heavy atom. The van der Waals surface area contributed by atoms with Gasteiger partial charge in [0.15, 0.2) is 9.84 Å². The van der Waals surface area contributed by atoms with Crippen LogP contribution in [0.1, 0.15) is 32.8 Å². The average Bonchev–Trinajstić information content (AvgIpc) is 2.35. The standard InChI is InChI=1S/C15H23BrO3S/c1-15(2,3)20(18,19)9-8-12(11-17)10-13-6-4-5-7-14(13)16/h4-7,12,17H,8-11H2,1-3H3. The van der Waals surface area contributed by atoms with Crippen LogP contribution in [-0.4, -0.2) is 30.6 Å². The number of hydrogen-bond donors (Lipinski definition) is 1. The summed E-state index contributed by atoms with van der Waals surface area (Å²) in [6.45, 7) is 5.14. The predicted molar refractivity (Wildman–Crippen MR) is 86.6 cm³/mol. The van der Waals surface area contributed by atoms with E-state index in [9.17, 15) is 13.5 Å². The Balaban J connectivity index is 2.68. The Labute approximate surface area is 130 Å². The van der Waals surface area contributed by atoms with E-state index < -0.39 is 14.6 Å². The summed E-state index contributed by atoms with van der Waals surface area (Å²) in [7, 11) is -3.13. The van der Waals surface area contributed by atoms with E-state index in [2.05, 4.69) is 15.9 Å². The molecule has 0 bridgehead atoms. The number of halogens is 1. The van der Waals surface area contributed by atoms with Gasteiger partial charge in [0.2, 0.25) is 0 Å². The first-order chi connectivity index (χ1) is 9.17. The molecule has 3 nitrogen and oxygen atoms in total. The number of aliphatic hydroxyl groups excluding tert-OH is 1. The third-order valence-corrected chi connectivity index (χ3v) is 6.87. The van der Waals surface area contributed by atoms with Gasteiger partial charge < -0.3 is 5.11 Å². The van der Waals surface area contributed by atoms with Crippen molar-refractivity contribution in [1.82, 2.24) is 0 Å². The second kappa shape index (κ2) is 7.05. The highest BCUT2D eigenvalue weighted by Crippen LogP contribution is 2.23. The van der Waals surface area contributed by atoms with Crippen LogP contribution in [0.2, 0.25) is 0 Å².